The summed E-state index contributed by atoms with van der Waals surface area (Å²) in [5.41, 5.74) is 0.838. The van der Waals surface area contributed by atoms with Gasteiger partial charge in [0.25, 0.3) is 0 Å². The number of H-pyrrole nitrogens is 1. The summed E-state index contributed by atoms with van der Waals surface area (Å²) in [6.45, 7) is 1.08. The number of carboxylic acids is 1. The molecule has 1 fully saturated rings. The van der Waals surface area contributed by atoms with Crippen LogP contribution in [-0.2, 0) is 11.3 Å². The summed E-state index contributed by atoms with van der Waals surface area (Å²) in [6.07, 6.45) is 3.32. The first-order chi connectivity index (χ1) is 8.18. The SMILES string of the molecule is O=C(O)c1cc[nH]c1CNC1CCCNC1=O. The fourth-order valence-electron chi connectivity index (χ4n) is 1.94. The minimum atomic E-state index is -0.962. The number of aromatic nitrogens is 1. The van der Waals surface area contributed by atoms with Crippen LogP contribution in [0.4, 0.5) is 0 Å². The summed E-state index contributed by atoms with van der Waals surface area (Å²) in [6, 6.07) is 1.29. The van der Waals surface area contributed by atoms with Gasteiger partial charge in [-0.2, -0.15) is 0 Å². The summed E-state index contributed by atoms with van der Waals surface area (Å²) in [5.74, 6) is -0.976. The van der Waals surface area contributed by atoms with Crippen LogP contribution in [0.15, 0.2) is 12.3 Å². The van der Waals surface area contributed by atoms with Gasteiger partial charge in [0, 0.05) is 25.0 Å². The quantitative estimate of drug-likeness (QED) is 0.596. The lowest BCUT2D eigenvalue weighted by molar-refractivity contribution is -0.124. The zero-order chi connectivity index (χ0) is 12.3. The van der Waals surface area contributed by atoms with Crippen molar-refractivity contribution >= 4 is 11.9 Å². The Morgan fingerprint density at radius 1 is 1.59 bits per heavy atom. The maximum absolute atomic E-state index is 11.5. The molecule has 1 amide bonds. The van der Waals surface area contributed by atoms with Gasteiger partial charge in [-0.25, -0.2) is 4.79 Å². The van der Waals surface area contributed by atoms with E-state index in [1.54, 1.807) is 6.20 Å². The second-order valence-electron chi connectivity index (χ2n) is 4.04. The molecule has 0 bridgehead atoms. The van der Waals surface area contributed by atoms with E-state index in [0.29, 0.717) is 12.2 Å². The average molecular weight is 237 g/mol. The standard InChI is InChI=1S/C11H15N3O3/c15-10-8(2-1-4-13-10)14-6-9-7(11(16)17)3-5-12-9/h3,5,8,12,14H,1-2,4,6H2,(H,13,15)(H,16,17). The van der Waals surface area contributed by atoms with Gasteiger partial charge in [-0.3, -0.25) is 4.79 Å². The van der Waals surface area contributed by atoms with Crippen molar-refractivity contribution in [3.05, 3.63) is 23.5 Å². The van der Waals surface area contributed by atoms with Gasteiger partial charge in [-0.1, -0.05) is 0 Å². The number of carboxylic acid groups (broad SMARTS) is 1. The van der Waals surface area contributed by atoms with Gasteiger partial charge in [0.2, 0.25) is 5.91 Å². The molecule has 2 rings (SSSR count). The third-order valence-corrected chi connectivity index (χ3v) is 2.87. The molecular weight excluding hydrogens is 222 g/mol. The first kappa shape index (κ1) is 11.7. The van der Waals surface area contributed by atoms with E-state index in [-0.39, 0.29) is 17.5 Å². The molecule has 1 aliphatic rings. The van der Waals surface area contributed by atoms with E-state index in [1.807, 2.05) is 0 Å². The molecule has 1 aromatic heterocycles. The molecule has 92 valence electrons. The number of amides is 1. The molecule has 17 heavy (non-hydrogen) atoms. The van der Waals surface area contributed by atoms with Crippen LogP contribution in [0.3, 0.4) is 0 Å². The van der Waals surface area contributed by atoms with E-state index in [0.717, 1.165) is 19.4 Å². The number of hydrogen-bond acceptors (Lipinski definition) is 3. The van der Waals surface area contributed by atoms with Gasteiger partial charge in [0.15, 0.2) is 0 Å². The van der Waals surface area contributed by atoms with Crippen molar-refractivity contribution in [2.75, 3.05) is 6.54 Å². The Morgan fingerprint density at radius 3 is 3.12 bits per heavy atom. The molecule has 0 spiro atoms. The van der Waals surface area contributed by atoms with Gasteiger partial charge < -0.3 is 20.7 Å². The summed E-state index contributed by atoms with van der Waals surface area (Å²) < 4.78 is 0. The van der Waals surface area contributed by atoms with Crippen molar-refractivity contribution in [2.24, 2.45) is 0 Å². The predicted octanol–water partition coefficient (Wildman–Crippen LogP) is 0.0811. The number of rotatable bonds is 4. The van der Waals surface area contributed by atoms with E-state index < -0.39 is 5.97 Å². The molecular formula is C11H15N3O3. The summed E-state index contributed by atoms with van der Waals surface area (Å²) >= 11 is 0. The number of carbonyl (C=O) groups excluding carboxylic acids is 1. The third-order valence-electron chi connectivity index (χ3n) is 2.87. The first-order valence-corrected chi connectivity index (χ1v) is 5.59. The normalized spacial score (nSPS) is 20.0. The van der Waals surface area contributed by atoms with Gasteiger partial charge in [-0.05, 0) is 18.9 Å². The van der Waals surface area contributed by atoms with Gasteiger partial charge >= 0.3 is 5.97 Å². The van der Waals surface area contributed by atoms with Crippen LogP contribution in [-0.4, -0.2) is 34.6 Å². The number of nitrogens with one attached hydrogen (secondary N) is 3. The van der Waals surface area contributed by atoms with E-state index in [9.17, 15) is 9.59 Å². The van der Waals surface area contributed by atoms with Crippen LogP contribution in [0.5, 0.6) is 0 Å². The number of carbonyl (C=O) groups is 2. The molecule has 0 saturated carbocycles. The molecule has 0 aliphatic carbocycles. The fourth-order valence-corrected chi connectivity index (χ4v) is 1.94. The maximum atomic E-state index is 11.5. The highest BCUT2D eigenvalue weighted by Gasteiger charge is 2.22. The molecule has 6 nitrogen and oxygen atoms in total. The van der Waals surface area contributed by atoms with E-state index in [2.05, 4.69) is 15.6 Å². The molecule has 1 aliphatic heterocycles. The topological polar surface area (TPSA) is 94.2 Å². The smallest absolute Gasteiger partial charge is 0.337 e. The van der Waals surface area contributed by atoms with Crippen molar-refractivity contribution in [1.82, 2.24) is 15.6 Å². The molecule has 0 aromatic carbocycles. The van der Waals surface area contributed by atoms with Crippen molar-refractivity contribution in [1.29, 1.82) is 0 Å². The van der Waals surface area contributed by atoms with Crippen molar-refractivity contribution in [2.45, 2.75) is 25.4 Å². The highest BCUT2D eigenvalue weighted by molar-refractivity contribution is 5.89. The Morgan fingerprint density at radius 2 is 2.41 bits per heavy atom. The molecule has 1 atom stereocenters. The fraction of sp³-hybridized carbons (Fsp3) is 0.455. The zero-order valence-electron chi connectivity index (χ0n) is 9.32. The lowest BCUT2D eigenvalue weighted by atomic mass is 10.1. The average Bonchev–Trinajstić information content (AvgIpc) is 2.76. The third kappa shape index (κ3) is 2.65. The van der Waals surface area contributed by atoms with Crippen molar-refractivity contribution < 1.29 is 14.7 Å². The Hall–Kier alpha value is -1.82. The highest BCUT2D eigenvalue weighted by Crippen LogP contribution is 2.08. The van der Waals surface area contributed by atoms with E-state index in [1.165, 1.54) is 6.07 Å². The minimum absolute atomic E-state index is 0.0142. The second-order valence-corrected chi connectivity index (χ2v) is 4.04. The number of aromatic carboxylic acids is 1. The Labute approximate surface area is 98.4 Å². The van der Waals surface area contributed by atoms with Gasteiger partial charge in [-0.15, -0.1) is 0 Å². The van der Waals surface area contributed by atoms with Gasteiger partial charge in [0.05, 0.1) is 11.6 Å². The predicted molar refractivity (Wildman–Crippen MR) is 60.6 cm³/mol. The lowest BCUT2D eigenvalue weighted by Crippen LogP contribution is -2.48. The molecule has 1 saturated heterocycles. The number of hydrogen-bond donors (Lipinski definition) is 4. The largest absolute Gasteiger partial charge is 0.478 e. The number of aromatic amines is 1. The molecule has 4 N–H and O–H groups in total. The van der Waals surface area contributed by atoms with Crippen LogP contribution in [0.25, 0.3) is 0 Å². The Bertz CT molecular complexity index is 427. The summed E-state index contributed by atoms with van der Waals surface area (Å²) in [7, 11) is 0. The molecule has 1 aromatic rings. The molecule has 1 unspecified atom stereocenters. The van der Waals surface area contributed by atoms with Crippen LogP contribution >= 0.6 is 0 Å². The first-order valence-electron chi connectivity index (χ1n) is 5.59. The lowest BCUT2D eigenvalue weighted by Gasteiger charge is -2.22. The minimum Gasteiger partial charge on any atom is -0.478 e. The zero-order valence-corrected chi connectivity index (χ0v) is 9.32. The molecule has 6 heteroatoms. The van der Waals surface area contributed by atoms with Crippen LogP contribution in [0, 0.1) is 0 Å². The Kier molecular flexibility index (Phi) is 3.43. The molecule has 2 heterocycles. The monoisotopic (exact) mass is 237 g/mol. The maximum Gasteiger partial charge on any atom is 0.337 e. The summed E-state index contributed by atoms with van der Waals surface area (Å²) in [4.78, 5) is 25.2. The highest BCUT2D eigenvalue weighted by atomic mass is 16.4. The summed E-state index contributed by atoms with van der Waals surface area (Å²) in [5, 5.41) is 14.8. The number of piperidine rings is 1. The van der Waals surface area contributed by atoms with E-state index >= 15 is 0 Å². The molecule has 0 radical (unpaired) electrons. The van der Waals surface area contributed by atoms with Crippen LogP contribution in [0.2, 0.25) is 0 Å². The van der Waals surface area contributed by atoms with Crippen molar-refractivity contribution in [3.8, 4) is 0 Å². The van der Waals surface area contributed by atoms with Crippen molar-refractivity contribution in [3.63, 3.8) is 0 Å². The Balaban J connectivity index is 1.95. The van der Waals surface area contributed by atoms with Gasteiger partial charge in [0.1, 0.15) is 0 Å². The second kappa shape index (κ2) is 5.01. The van der Waals surface area contributed by atoms with Crippen LogP contribution < -0.4 is 10.6 Å². The van der Waals surface area contributed by atoms with E-state index in [4.69, 9.17) is 5.11 Å². The van der Waals surface area contributed by atoms with Crippen LogP contribution in [0.1, 0.15) is 28.9 Å².